The Hall–Kier alpha value is -2.55. The van der Waals surface area contributed by atoms with Gasteiger partial charge < -0.3 is 28.4 Å². The van der Waals surface area contributed by atoms with Gasteiger partial charge in [-0.2, -0.15) is 0 Å². The van der Waals surface area contributed by atoms with Crippen molar-refractivity contribution in [2.75, 3.05) is 13.7 Å². The van der Waals surface area contributed by atoms with Crippen molar-refractivity contribution < 1.29 is 33.2 Å². The summed E-state index contributed by atoms with van der Waals surface area (Å²) in [6, 6.07) is 19.9. The van der Waals surface area contributed by atoms with Crippen molar-refractivity contribution in [1.29, 1.82) is 0 Å². The van der Waals surface area contributed by atoms with Crippen LogP contribution in [-0.4, -0.2) is 56.5 Å². The molecule has 4 rings (SSSR count). The standard InChI is InChI=1S/C28H34O7/c1-4-31-24(29)16-22-19(2)15-23-25(34-22)26(32-17-20-11-7-5-8-12-20)27(28(30-3)35-23)33-18-21-13-9-6-10-14-21/h5-14,22-23,25-28H,2,4,15-18H2,1,3H3/t22-,23-,25-,26+,27-,28+/m1/s1. The first-order valence-electron chi connectivity index (χ1n) is 12.1. The van der Waals surface area contributed by atoms with E-state index in [-0.39, 0.29) is 18.5 Å². The number of carbonyl (C=O) groups is 1. The smallest absolute Gasteiger partial charge is 0.308 e. The number of fused-ring (bicyclic) bond motifs is 1. The van der Waals surface area contributed by atoms with Crippen LogP contribution >= 0.6 is 0 Å². The second kappa shape index (κ2) is 12.4. The fourth-order valence-corrected chi connectivity index (χ4v) is 4.54. The summed E-state index contributed by atoms with van der Waals surface area (Å²) >= 11 is 0. The molecule has 35 heavy (non-hydrogen) atoms. The molecule has 188 valence electrons. The average Bonchev–Trinajstić information content (AvgIpc) is 2.88. The first-order chi connectivity index (χ1) is 17.1. The van der Waals surface area contributed by atoms with Gasteiger partial charge in [0.2, 0.25) is 0 Å². The van der Waals surface area contributed by atoms with Crippen LogP contribution in [0, 0.1) is 0 Å². The van der Waals surface area contributed by atoms with E-state index in [0.29, 0.717) is 26.2 Å². The van der Waals surface area contributed by atoms with Crippen LogP contribution in [0.5, 0.6) is 0 Å². The van der Waals surface area contributed by atoms with Crippen molar-refractivity contribution in [3.8, 4) is 0 Å². The molecule has 0 aliphatic carbocycles. The van der Waals surface area contributed by atoms with E-state index >= 15 is 0 Å². The molecule has 0 amide bonds. The van der Waals surface area contributed by atoms with Gasteiger partial charge in [0.05, 0.1) is 38.4 Å². The fourth-order valence-electron chi connectivity index (χ4n) is 4.54. The van der Waals surface area contributed by atoms with Crippen molar-refractivity contribution in [3.05, 3.63) is 83.9 Å². The third-order valence-corrected chi connectivity index (χ3v) is 6.29. The van der Waals surface area contributed by atoms with Gasteiger partial charge in [-0.15, -0.1) is 0 Å². The lowest BCUT2D eigenvalue weighted by molar-refractivity contribution is -0.326. The monoisotopic (exact) mass is 482 g/mol. The van der Waals surface area contributed by atoms with Gasteiger partial charge in [-0.05, 0) is 30.0 Å². The van der Waals surface area contributed by atoms with Crippen molar-refractivity contribution in [2.45, 2.75) is 69.8 Å². The van der Waals surface area contributed by atoms with E-state index in [1.807, 2.05) is 60.7 Å². The molecule has 2 aromatic carbocycles. The number of hydrogen-bond donors (Lipinski definition) is 0. The van der Waals surface area contributed by atoms with Crippen molar-refractivity contribution in [2.24, 2.45) is 0 Å². The van der Waals surface area contributed by atoms with Crippen LogP contribution < -0.4 is 0 Å². The number of hydrogen-bond acceptors (Lipinski definition) is 7. The molecule has 2 heterocycles. The van der Waals surface area contributed by atoms with E-state index in [0.717, 1.165) is 16.7 Å². The Balaban J connectivity index is 1.55. The lowest BCUT2D eigenvalue weighted by Gasteiger charge is -2.49. The predicted molar refractivity (Wildman–Crippen MR) is 129 cm³/mol. The number of methoxy groups -OCH3 is 1. The normalized spacial score (nSPS) is 28.3. The highest BCUT2D eigenvalue weighted by atomic mass is 16.7. The molecule has 2 aromatic rings. The van der Waals surface area contributed by atoms with E-state index in [1.165, 1.54) is 0 Å². The largest absolute Gasteiger partial charge is 0.466 e. The van der Waals surface area contributed by atoms with Crippen molar-refractivity contribution in [3.63, 3.8) is 0 Å². The zero-order valence-corrected chi connectivity index (χ0v) is 20.3. The van der Waals surface area contributed by atoms with Gasteiger partial charge in [-0.1, -0.05) is 67.2 Å². The lowest BCUT2D eigenvalue weighted by atomic mass is 9.88. The molecule has 0 aromatic heterocycles. The molecule has 2 saturated heterocycles. The molecule has 2 aliphatic heterocycles. The summed E-state index contributed by atoms with van der Waals surface area (Å²) < 4.78 is 36.3. The Morgan fingerprint density at radius 3 is 2.11 bits per heavy atom. The number of ether oxygens (including phenoxy) is 6. The van der Waals surface area contributed by atoms with Gasteiger partial charge in [-0.25, -0.2) is 0 Å². The zero-order chi connectivity index (χ0) is 24.6. The molecule has 0 N–H and O–H groups in total. The maximum Gasteiger partial charge on any atom is 0.308 e. The van der Waals surface area contributed by atoms with Crippen LogP contribution in [0.3, 0.4) is 0 Å². The van der Waals surface area contributed by atoms with Gasteiger partial charge in [-0.3, -0.25) is 4.79 Å². The highest BCUT2D eigenvalue weighted by molar-refractivity contribution is 5.70. The molecule has 0 radical (unpaired) electrons. The minimum absolute atomic E-state index is 0.102. The molecule has 2 aliphatic rings. The summed E-state index contributed by atoms with van der Waals surface area (Å²) in [7, 11) is 1.60. The second-order valence-corrected chi connectivity index (χ2v) is 8.76. The van der Waals surface area contributed by atoms with Gasteiger partial charge in [0.1, 0.15) is 18.3 Å². The lowest BCUT2D eigenvalue weighted by Crippen LogP contribution is -2.63. The van der Waals surface area contributed by atoms with E-state index in [1.54, 1.807) is 14.0 Å². The summed E-state index contributed by atoms with van der Waals surface area (Å²) in [5, 5.41) is 0. The third-order valence-electron chi connectivity index (χ3n) is 6.29. The quantitative estimate of drug-likeness (QED) is 0.371. The summed E-state index contributed by atoms with van der Waals surface area (Å²) in [5.74, 6) is -0.317. The van der Waals surface area contributed by atoms with E-state index < -0.39 is 30.7 Å². The first-order valence-corrected chi connectivity index (χ1v) is 12.1. The molecular formula is C28H34O7. The predicted octanol–water partition coefficient (Wildman–Crippen LogP) is 4.20. The molecule has 7 heteroatoms. The highest BCUT2D eigenvalue weighted by Crippen LogP contribution is 2.38. The molecule has 0 saturated carbocycles. The zero-order valence-electron chi connectivity index (χ0n) is 20.3. The van der Waals surface area contributed by atoms with Gasteiger partial charge in [0, 0.05) is 7.11 Å². The maximum atomic E-state index is 12.2. The average molecular weight is 483 g/mol. The maximum absolute atomic E-state index is 12.2. The Kier molecular flexibility index (Phi) is 9.06. The number of benzene rings is 2. The van der Waals surface area contributed by atoms with Gasteiger partial charge >= 0.3 is 5.97 Å². The molecule has 0 unspecified atom stereocenters. The summed E-state index contributed by atoms with van der Waals surface area (Å²) in [6.07, 6.45) is -2.30. The second-order valence-electron chi connectivity index (χ2n) is 8.76. The Morgan fingerprint density at radius 1 is 0.943 bits per heavy atom. The van der Waals surface area contributed by atoms with Gasteiger partial charge in [0.15, 0.2) is 6.29 Å². The van der Waals surface area contributed by atoms with Crippen LogP contribution in [0.15, 0.2) is 72.8 Å². The highest BCUT2D eigenvalue weighted by Gasteiger charge is 2.51. The SMILES string of the molecule is C=C1C[C@H]2O[C@H](OC)[C@H](OCc3ccccc3)[C@@H](OCc3ccccc3)[C@@H]2O[C@@H]1CC(=O)OCC. The molecule has 0 spiro atoms. The van der Waals surface area contributed by atoms with Crippen molar-refractivity contribution in [1.82, 2.24) is 0 Å². The molecule has 6 atom stereocenters. The van der Waals surface area contributed by atoms with Gasteiger partial charge in [0.25, 0.3) is 0 Å². The number of carbonyl (C=O) groups excluding carboxylic acids is 1. The molecule has 7 nitrogen and oxygen atoms in total. The first kappa shape index (κ1) is 25.5. The molecular weight excluding hydrogens is 448 g/mol. The summed E-state index contributed by atoms with van der Waals surface area (Å²) in [5.41, 5.74) is 2.86. The Labute approximate surface area is 206 Å². The van der Waals surface area contributed by atoms with E-state index in [2.05, 4.69) is 6.58 Å². The minimum Gasteiger partial charge on any atom is -0.466 e. The molecule has 2 fully saturated rings. The van der Waals surface area contributed by atoms with Crippen LogP contribution in [0.1, 0.15) is 30.9 Å². The minimum atomic E-state index is -0.640. The summed E-state index contributed by atoms with van der Waals surface area (Å²) in [6.45, 7) is 6.99. The Bertz CT molecular complexity index is 948. The van der Waals surface area contributed by atoms with Crippen LogP contribution in [0.25, 0.3) is 0 Å². The fraction of sp³-hybridized carbons (Fsp3) is 0.464. The number of esters is 1. The Morgan fingerprint density at radius 2 is 1.54 bits per heavy atom. The van der Waals surface area contributed by atoms with Crippen molar-refractivity contribution >= 4 is 5.97 Å². The number of rotatable bonds is 10. The summed E-state index contributed by atoms with van der Waals surface area (Å²) in [4.78, 5) is 12.2. The third kappa shape index (κ3) is 6.57. The van der Waals surface area contributed by atoms with Crippen LogP contribution in [0.2, 0.25) is 0 Å². The van der Waals surface area contributed by atoms with Crippen LogP contribution in [0.4, 0.5) is 0 Å². The topological polar surface area (TPSA) is 72.5 Å². The van der Waals surface area contributed by atoms with E-state index in [9.17, 15) is 4.79 Å². The van der Waals surface area contributed by atoms with E-state index in [4.69, 9.17) is 28.4 Å². The molecule has 0 bridgehead atoms. The van der Waals surface area contributed by atoms with Crippen LogP contribution in [-0.2, 0) is 46.4 Å².